The molecule has 0 amide bonds. The number of aromatic nitrogens is 2. The molecular formula is C19H27FIN5O. The van der Waals surface area contributed by atoms with Gasteiger partial charge in [0.15, 0.2) is 5.96 Å². The summed E-state index contributed by atoms with van der Waals surface area (Å²) in [4.78, 5) is 6.69. The maximum absolute atomic E-state index is 12.9. The molecule has 2 aromatic rings. The first-order valence-electron chi connectivity index (χ1n) is 8.98. The van der Waals surface area contributed by atoms with Crippen molar-refractivity contribution in [2.45, 2.75) is 18.8 Å². The van der Waals surface area contributed by atoms with Crippen LogP contribution in [-0.2, 0) is 7.05 Å². The van der Waals surface area contributed by atoms with E-state index in [1.165, 1.54) is 17.7 Å². The van der Waals surface area contributed by atoms with Gasteiger partial charge in [0.25, 0.3) is 0 Å². The van der Waals surface area contributed by atoms with Gasteiger partial charge in [-0.2, -0.15) is 5.10 Å². The van der Waals surface area contributed by atoms with E-state index in [9.17, 15) is 4.39 Å². The van der Waals surface area contributed by atoms with Crippen LogP contribution in [0.25, 0.3) is 0 Å². The minimum absolute atomic E-state index is 0. The molecule has 1 aromatic heterocycles. The zero-order valence-electron chi connectivity index (χ0n) is 15.8. The van der Waals surface area contributed by atoms with Gasteiger partial charge in [0.1, 0.15) is 11.6 Å². The molecule has 3 rings (SSSR count). The van der Waals surface area contributed by atoms with Crippen LogP contribution in [0.4, 0.5) is 4.39 Å². The molecule has 1 N–H and O–H groups in total. The first kappa shape index (κ1) is 21.5. The van der Waals surface area contributed by atoms with Crippen LogP contribution in [0.1, 0.15) is 24.3 Å². The summed E-state index contributed by atoms with van der Waals surface area (Å²) in [6.45, 7) is 3.30. The molecule has 2 heterocycles. The second-order valence-electron chi connectivity index (χ2n) is 6.51. The van der Waals surface area contributed by atoms with Gasteiger partial charge in [-0.05, 0) is 42.7 Å². The van der Waals surface area contributed by atoms with Crippen LogP contribution in [0.2, 0.25) is 0 Å². The van der Waals surface area contributed by atoms with Gasteiger partial charge in [0, 0.05) is 45.8 Å². The first-order chi connectivity index (χ1) is 12.7. The number of nitrogens with one attached hydrogen (secondary N) is 1. The topological polar surface area (TPSA) is 54.7 Å². The lowest BCUT2D eigenvalue weighted by atomic mass is 10.0. The average Bonchev–Trinajstić information content (AvgIpc) is 3.29. The Morgan fingerprint density at radius 1 is 1.37 bits per heavy atom. The van der Waals surface area contributed by atoms with Gasteiger partial charge in [-0.3, -0.25) is 9.67 Å². The third kappa shape index (κ3) is 6.08. The zero-order chi connectivity index (χ0) is 18.4. The first-order valence-corrected chi connectivity index (χ1v) is 8.98. The summed E-state index contributed by atoms with van der Waals surface area (Å²) in [6, 6.07) is 6.10. The van der Waals surface area contributed by atoms with Crippen LogP contribution in [0.5, 0.6) is 5.75 Å². The van der Waals surface area contributed by atoms with Crippen molar-refractivity contribution < 1.29 is 9.13 Å². The number of nitrogens with zero attached hydrogens (tertiary/aromatic N) is 4. The standard InChI is InChI=1S/C19H26FN5O.HI/c1-21-19(22-9-3-11-26-18-6-4-17(20)5-7-18)25-10-8-15(14-25)16-12-23-24(2)13-16;/h4-7,12-13,15H,3,8-11,14H2,1-2H3,(H,21,22);1H. The molecule has 148 valence electrons. The van der Waals surface area contributed by atoms with Crippen LogP contribution < -0.4 is 10.1 Å². The molecule has 6 nitrogen and oxygen atoms in total. The van der Waals surface area contributed by atoms with Crippen molar-refractivity contribution >= 4 is 29.9 Å². The molecule has 0 bridgehead atoms. The van der Waals surface area contributed by atoms with Crippen molar-refractivity contribution in [3.8, 4) is 5.75 Å². The SMILES string of the molecule is CN=C(NCCCOc1ccc(F)cc1)N1CCC(c2cnn(C)c2)C1.I. The number of likely N-dealkylation sites (tertiary alicyclic amines) is 1. The number of benzene rings is 1. The summed E-state index contributed by atoms with van der Waals surface area (Å²) >= 11 is 0. The Morgan fingerprint density at radius 2 is 2.15 bits per heavy atom. The predicted octanol–water partition coefficient (Wildman–Crippen LogP) is 3.01. The number of ether oxygens (including phenoxy) is 1. The van der Waals surface area contributed by atoms with Crippen LogP contribution in [-0.4, -0.2) is 53.9 Å². The smallest absolute Gasteiger partial charge is 0.193 e. The lowest BCUT2D eigenvalue weighted by Crippen LogP contribution is -2.40. The average molecular weight is 487 g/mol. The fourth-order valence-electron chi connectivity index (χ4n) is 3.20. The van der Waals surface area contributed by atoms with Crippen LogP contribution in [0.15, 0.2) is 41.7 Å². The van der Waals surface area contributed by atoms with E-state index in [1.54, 1.807) is 12.1 Å². The van der Waals surface area contributed by atoms with Gasteiger partial charge in [0.2, 0.25) is 0 Å². The van der Waals surface area contributed by atoms with Gasteiger partial charge in [0.05, 0.1) is 12.8 Å². The molecule has 8 heteroatoms. The van der Waals surface area contributed by atoms with E-state index in [1.807, 2.05) is 25.0 Å². The third-order valence-corrected chi connectivity index (χ3v) is 4.58. The minimum atomic E-state index is -0.252. The summed E-state index contributed by atoms with van der Waals surface area (Å²) in [6.07, 6.45) is 6.00. The van der Waals surface area contributed by atoms with Crippen molar-refractivity contribution in [1.29, 1.82) is 0 Å². The molecule has 0 spiro atoms. The quantitative estimate of drug-likeness (QED) is 0.295. The fourth-order valence-corrected chi connectivity index (χ4v) is 3.20. The minimum Gasteiger partial charge on any atom is -0.494 e. The zero-order valence-corrected chi connectivity index (χ0v) is 18.1. The van der Waals surface area contributed by atoms with Crippen molar-refractivity contribution in [3.63, 3.8) is 0 Å². The second-order valence-corrected chi connectivity index (χ2v) is 6.51. The number of guanidine groups is 1. The molecular weight excluding hydrogens is 460 g/mol. The van der Waals surface area contributed by atoms with Gasteiger partial charge < -0.3 is 15.0 Å². The molecule has 27 heavy (non-hydrogen) atoms. The van der Waals surface area contributed by atoms with E-state index in [2.05, 4.69) is 26.5 Å². The molecule has 1 fully saturated rings. The fraction of sp³-hybridized carbons (Fsp3) is 0.474. The highest BCUT2D eigenvalue weighted by molar-refractivity contribution is 14.0. The summed E-state index contributed by atoms with van der Waals surface area (Å²) in [5.41, 5.74) is 1.29. The molecule has 1 aliphatic heterocycles. The molecule has 1 aromatic carbocycles. The second kappa shape index (κ2) is 10.5. The highest BCUT2D eigenvalue weighted by atomic mass is 127. The highest BCUT2D eigenvalue weighted by Crippen LogP contribution is 2.26. The van der Waals surface area contributed by atoms with Crippen molar-refractivity contribution in [2.24, 2.45) is 12.0 Å². The molecule has 0 radical (unpaired) electrons. The Morgan fingerprint density at radius 3 is 2.81 bits per heavy atom. The van der Waals surface area contributed by atoms with Crippen LogP contribution in [0, 0.1) is 5.82 Å². The highest BCUT2D eigenvalue weighted by Gasteiger charge is 2.26. The maximum atomic E-state index is 12.9. The summed E-state index contributed by atoms with van der Waals surface area (Å²) < 4.78 is 20.3. The number of rotatable bonds is 6. The largest absolute Gasteiger partial charge is 0.494 e. The van der Waals surface area contributed by atoms with E-state index >= 15 is 0 Å². The lowest BCUT2D eigenvalue weighted by molar-refractivity contribution is 0.310. The van der Waals surface area contributed by atoms with Crippen molar-refractivity contribution in [1.82, 2.24) is 20.0 Å². The summed E-state index contributed by atoms with van der Waals surface area (Å²) in [7, 11) is 3.76. The number of aryl methyl sites for hydroxylation is 1. The van der Waals surface area contributed by atoms with E-state index in [0.29, 0.717) is 18.3 Å². The number of aliphatic imine (C=N–C) groups is 1. The Balaban J connectivity index is 0.00000261. The Kier molecular flexibility index (Phi) is 8.33. The van der Waals surface area contributed by atoms with Gasteiger partial charge in [-0.1, -0.05) is 0 Å². The molecule has 1 atom stereocenters. The Labute approximate surface area is 176 Å². The summed E-state index contributed by atoms with van der Waals surface area (Å²) in [5.74, 6) is 1.87. The molecule has 1 saturated heterocycles. The molecule has 0 saturated carbocycles. The van der Waals surface area contributed by atoms with Gasteiger partial charge in [-0.15, -0.1) is 24.0 Å². The lowest BCUT2D eigenvalue weighted by Gasteiger charge is -2.21. The normalized spacial score (nSPS) is 16.9. The number of halogens is 2. The van der Waals surface area contributed by atoms with E-state index < -0.39 is 0 Å². The van der Waals surface area contributed by atoms with Gasteiger partial charge >= 0.3 is 0 Å². The number of hydrogen-bond acceptors (Lipinski definition) is 3. The van der Waals surface area contributed by atoms with Crippen molar-refractivity contribution in [2.75, 3.05) is 33.3 Å². The number of hydrogen-bond donors (Lipinski definition) is 1. The maximum Gasteiger partial charge on any atom is 0.193 e. The van der Waals surface area contributed by atoms with Crippen molar-refractivity contribution in [3.05, 3.63) is 48.0 Å². The van der Waals surface area contributed by atoms with Crippen LogP contribution in [0.3, 0.4) is 0 Å². The van der Waals surface area contributed by atoms with E-state index in [0.717, 1.165) is 38.4 Å². The Bertz CT molecular complexity index is 734. The summed E-state index contributed by atoms with van der Waals surface area (Å²) in [5, 5.41) is 7.67. The Hall–Kier alpha value is -1.84. The molecule has 1 aliphatic rings. The molecule has 1 unspecified atom stereocenters. The molecule has 0 aliphatic carbocycles. The monoisotopic (exact) mass is 487 g/mol. The van der Waals surface area contributed by atoms with Gasteiger partial charge in [-0.25, -0.2) is 4.39 Å². The van der Waals surface area contributed by atoms with Crippen LogP contribution >= 0.6 is 24.0 Å². The van der Waals surface area contributed by atoms with E-state index in [-0.39, 0.29) is 29.8 Å². The van der Waals surface area contributed by atoms with E-state index in [4.69, 9.17) is 4.74 Å². The predicted molar refractivity (Wildman–Crippen MR) is 115 cm³/mol. The third-order valence-electron chi connectivity index (χ3n) is 4.58.